The Morgan fingerprint density at radius 1 is 1.25 bits per heavy atom. The van der Waals surface area contributed by atoms with Gasteiger partial charge in [0.2, 0.25) is 0 Å². The number of ether oxygens (including phenoxy) is 1. The molecule has 0 aromatic carbocycles. The highest BCUT2D eigenvalue weighted by Gasteiger charge is 2.61. The molecule has 2 heteroatoms. The van der Waals surface area contributed by atoms with Crippen LogP contribution in [0.25, 0.3) is 0 Å². The maximum absolute atomic E-state index is 12.3. The lowest BCUT2D eigenvalue weighted by atomic mass is 10.1. The Balaban J connectivity index is 2.38. The minimum absolute atomic E-state index is 0.000455. The summed E-state index contributed by atoms with van der Waals surface area (Å²) in [4.78, 5) is 12.3. The third kappa shape index (κ3) is 4.64. The molecule has 0 aromatic heterocycles. The van der Waals surface area contributed by atoms with Gasteiger partial charge in [0.15, 0.2) is 0 Å². The molecular weight excluding hydrogens is 248 g/mol. The van der Waals surface area contributed by atoms with Gasteiger partial charge in [0.05, 0.1) is 12.0 Å². The fourth-order valence-electron chi connectivity index (χ4n) is 2.99. The molecule has 0 heterocycles. The highest BCUT2D eigenvalue weighted by atomic mass is 16.5. The van der Waals surface area contributed by atoms with Crippen molar-refractivity contribution in [2.45, 2.75) is 79.8 Å². The summed E-state index contributed by atoms with van der Waals surface area (Å²) in [5.74, 6) is 0.406. The second-order valence-corrected chi connectivity index (χ2v) is 7.17. The van der Waals surface area contributed by atoms with Crippen molar-refractivity contribution in [3.8, 4) is 0 Å². The zero-order valence-electron chi connectivity index (χ0n) is 14.2. The molecule has 1 fully saturated rings. The van der Waals surface area contributed by atoms with Crippen molar-refractivity contribution in [1.29, 1.82) is 0 Å². The van der Waals surface area contributed by atoms with Crippen LogP contribution in [0.5, 0.6) is 0 Å². The van der Waals surface area contributed by atoms with E-state index < -0.39 is 0 Å². The molecule has 20 heavy (non-hydrogen) atoms. The molecule has 1 rings (SSSR count). The van der Waals surface area contributed by atoms with Crippen LogP contribution >= 0.6 is 0 Å². The standard InChI is InChI=1S/C18H32O2/c1-7-8-9-10-11-14(4)20-17(19)16-15(12-13(2)3)18(16,5)6/h12,14-16H,7-11H2,1-6H3/t14?,15-,16-/m1/s1. The molecule has 0 spiro atoms. The monoisotopic (exact) mass is 280 g/mol. The number of carbonyl (C=O) groups is 1. The van der Waals surface area contributed by atoms with Gasteiger partial charge in [0.1, 0.15) is 0 Å². The molecule has 2 nitrogen and oxygen atoms in total. The van der Waals surface area contributed by atoms with E-state index in [0.29, 0.717) is 5.92 Å². The zero-order valence-corrected chi connectivity index (χ0v) is 14.2. The smallest absolute Gasteiger partial charge is 0.310 e. The van der Waals surface area contributed by atoms with Gasteiger partial charge in [-0.2, -0.15) is 0 Å². The van der Waals surface area contributed by atoms with Crippen LogP contribution in [-0.2, 0) is 9.53 Å². The topological polar surface area (TPSA) is 26.3 Å². The van der Waals surface area contributed by atoms with Crippen molar-refractivity contribution in [1.82, 2.24) is 0 Å². The Labute approximate surface area is 125 Å². The van der Waals surface area contributed by atoms with Gasteiger partial charge in [0, 0.05) is 0 Å². The Bertz CT molecular complexity index is 350. The Morgan fingerprint density at radius 2 is 1.90 bits per heavy atom. The molecule has 1 aliphatic carbocycles. The average Bonchev–Trinajstić information content (AvgIpc) is 2.85. The van der Waals surface area contributed by atoms with E-state index in [-0.39, 0.29) is 23.4 Å². The van der Waals surface area contributed by atoms with Crippen molar-refractivity contribution < 1.29 is 9.53 Å². The highest BCUT2D eigenvalue weighted by molar-refractivity contribution is 5.78. The molecule has 0 N–H and O–H groups in total. The van der Waals surface area contributed by atoms with E-state index in [1.165, 1.54) is 24.8 Å². The van der Waals surface area contributed by atoms with Crippen molar-refractivity contribution in [2.24, 2.45) is 17.3 Å². The molecule has 1 aliphatic rings. The van der Waals surface area contributed by atoms with Crippen molar-refractivity contribution in [3.05, 3.63) is 11.6 Å². The first-order chi connectivity index (χ1) is 9.30. The summed E-state index contributed by atoms with van der Waals surface area (Å²) in [6.45, 7) is 12.7. The van der Waals surface area contributed by atoms with Gasteiger partial charge in [-0.1, -0.05) is 51.7 Å². The summed E-state index contributed by atoms with van der Waals surface area (Å²) in [6.07, 6.45) is 8.20. The largest absolute Gasteiger partial charge is 0.462 e. The summed E-state index contributed by atoms with van der Waals surface area (Å²) in [7, 11) is 0. The average molecular weight is 280 g/mol. The minimum atomic E-state index is 0.000455. The number of hydrogen-bond acceptors (Lipinski definition) is 2. The van der Waals surface area contributed by atoms with Crippen LogP contribution in [0.4, 0.5) is 0 Å². The molecule has 0 amide bonds. The first kappa shape index (κ1) is 17.3. The van der Waals surface area contributed by atoms with Crippen molar-refractivity contribution in [3.63, 3.8) is 0 Å². The van der Waals surface area contributed by atoms with E-state index in [0.717, 1.165) is 12.8 Å². The van der Waals surface area contributed by atoms with Crippen LogP contribution in [0.3, 0.4) is 0 Å². The Kier molecular flexibility index (Phi) is 6.29. The number of allylic oxidation sites excluding steroid dienone is 2. The van der Waals surface area contributed by atoms with Crippen molar-refractivity contribution >= 4 is 5.97 Å². The van der Waals surface area contributed by atoms with Gasteiger partial charge in [-0.3, -0.25) is 4.79 Å². The van der Waals surface area contributed by atoms with Gasteiger partial charge < -0.3 is 4.74 Å². The second kappa shape index (κ2) is 7.28. The fourth-order valence-corrected chi connectivity index (χ4v) is 2.99. The molecule has 0 radical (unpaired) electrons. The molecule has 0 saturated heterocycles. The summed E-state index contributed by atoms with van der Waals surface area (Å²) >= 11 is 0. The first-order valence-electron chi connectivity index (χ1n) is 8.16. The quantitative estimate of drug-likeness (QED) is 0.350. The van der Waals surface area contributed by atoms with Gasteiger partial charge in [-0.05, 0) is 44.9 Å². The predicted octanol–water partition coefficient (Wildman–Crippen LogP) is 5.13. The lowest BCUT2D eigenvalue weighted by Gasteiger charge is -2.13. The second-order valence-electron chi connectivity index (χ2n) is 7.17. The third-order valence-corrected chi connectivity index (χ3v) is 4.46. The van der Waals surface area contributed by atoms with Crippen LogP contribution < -0.4 is 0 Å². The summed E-state index contributed by atoms with van der Waals surface area (Å²) < 4.78 is 5.63. The number of rotatable bonds is 8. The van der Waals surface area contributed by atoms with E-state index in [4.69, 9.17) is 4.74 Å². The maximum atomic E-state index is 12.3. The van der Waals surface area contributed by atoms with Gasteiger partial charge in [-0.25, -0.2) is 0 Å². The van der Waals surface area contributed by atoms with Crippen LogP contribution in [-0.4, -0.2) is 12.1 Å². The maximum Gasteiger partial charge on any atom is 0.310 e. The van der Waals surface area contributed by atoms with E-state index in [2.05, 4.69) is 40.7 Å². The van der Waals surface area contributed by atoms with E-state index >= 15 is 0 Å². The molecule has 1 unspecified atom stereocenters. The SMILES string of the molecule is CCCCCCC(C)OC(=O)[C@H]1[C@@H](C=C(C)C)C1(C)C. The number of hydrogen-bond donors (Lipinski definition) is 0. The predicted molar refractivity (Wildman–Crippen MR) is 84.5 cm³/mol. The summed E-state index contributed by atoms with van der Waals surface area (Å²) in [6, 6.07) is 0. The molecule has 0 aromatic rings. The van der Waals surface area contributed by atoms with Gasteiger partial charge in [-0.15, -0.1) is 0 Å². The summed E-state index contributed by atoms with van der Waals surface area (Å²) in [5.41, 5.74) is 1.35. The molecule has 3 atom stereocenters. The summed E-state index contributed by atoms with van der Waals surface area (Å²) in [5, 5.41) is 0. The van der Waals surface area contributed by atoms with Crippen LogP contribution in [0.2, 0.25) is 0 Å². The number of unbranched alkanes of at least 4 members (excludes halogenated alkanes) is 3. The van der Waals surface area contributed by atoms with Gasteiger partial charge in [0.25, 0.3) is 0 Å². The molecule has 0 bridgehead atoms. The lowest BCUT2D eigenvalue weighted by molar-refractivity contribution is -0.151. The van der Waals surface area contributed by atoms with Crippen LogP contribution in [0, 0.1) is 17.3 Å². The minimum Gasteiger partial charge on any atom is -0.462 e. The molecule has 1 saturated carbocycles. The Hall–Kier alpha value is -0.790. The third-order valence-electron chi connectivity index (χ3n) is 4.46. The van der Waals surface area contributed by atoms with Gasteiger partial charge >= 0.3 is 5.97 Å². The highest BCUT2D eigenvalue weighted by Crippen LogP contribution is 2.59. The number of esters is 1. The van der Waals surface area contributed by atoms with E-state index in [1.807, 2.05) is 6.92 Å². The molecule has 116 valence electrons. The molecular formula is C18H32O2. The fraction of sp³-hybridized carbons (Fsp3) is 0.833. The number of carbonyl (C=O) groups excluding carboxylic acids is 1. The van der Waals surface area contributed by atoms with E-state index in [1.54, 1.807) is 0 Å². The normalized spacial score (nSPS) is 24.9. The van der Waals surface area contributed by atoms with Crippen LogP contribution in [0.15, 0.2) is 11.6 Å². The Morgan fingerprint density at radius 3 is 2.45 bits per heavy atom. The van der Waals surface area contributed by atoms with E-state index in [9.17, 15) is 4.79 Å². The van der Waals surface area contributed by atoms with Crippen LogP contribution in [0.1, 0.15) is 73.6 Å². The lowest BCUT2D eigenvalue weighted by Crippen LogP contribution is -2.18. The molecule has 0 aliphatic heterocycles. The zero-order chi connectivity index (χ0) is 15.3. The van der Waals surface area contributed by atoms with Crippen molar-refractivity contribution in [2.75, 3.05) is 0 Å². The first-order valence-corrected chi connectivity index (χ1v) is 8.16.